The molecule has 0 radical (unpaired) electrons. The van der Waals surface area contributed by atoms with Crippen molar-refractivity contribution in [1.82, 2.24) is 0 Å². The van der Waals surface area contributed by atoms with E-state index in [2.05, 4.69) is 83.1 Å². The van der Waals surface area contributed by atoms with E-state index in [0.717, 1.165) is 51.4 Å². The van der Waals surface area contributed by atoms with Gasteiger partial charge >= 0.3 is 5.97 Å². The van der Waals surface area contributed by atoms with E-state index in [1.54, 1.807) is 0 Å². The van der Waals surface area contributed by atoms with Crippen LogP contribution in [-0.4, -0.2) is 43.8 Å². The van der Waals surface area contributed by atoms with Crippen molar-refractivity contribution in [3.8, 4) is 0 Å². The van der Waals surface area contributed by atoms with E-state index in [1.807, 2.05) is 0 Å². The quantitative estimate of drug-likeness (QED) is 0.0479. The fraction of sp³-hybridized carbons (Fsp3) is 1.00. The van der Waals surface area contributed by atoms with Gasteiger partial charge in [-0.15, -0.1) is 0 Å². The van der Waals surface area contributed by atoms with Gasteiger partial charge in [-0.3, -0.25) is 0 Å². The normalized spacial score (nSPS) is 17.4. The van der Waals surface area contributed by atoms with Crippen molar-refractivity contribution in [1.29, 1.82) is 0 Å². The van der Waals surface area contributed by atoms with Crippen LogP contribution in [0, 0.1) is 17.3 Å². The second-order valence-corrected chi connectivity index (χ2v) is 13.4. The van der Waals surface area contributed by atoms with Crippen molar-refractivity contribution < 1.29 is 28.7 Å². The van der Waals surface area contributed by atoms with E-state index in [9.17, 15) is 0 Å². The molecule has 0 saturated heterocycles. The van der Waals surface area contributed by atoms with Crippen molar-refractivity contribution >= 4 is 0 Å². The maximum atomic E-state index is 6.87. The topological polar surface area (TPSA) is 55.4 Å². The molecule has 0 N–H and O–H groups in total. The van der Waals surface area contributed by atoms with Gasteiger partial charge in [0.2, 0.25) is 0 Å². The molecule has 4 unspecified atom stereocenters. The Hall–Kier alpha value is -0.240. The zero-order valence-electron chi connectivity index (χ0n) is 28.2. The van der Waals surface area contributed by atoms with Crippen molar-refractivity contribution in [3.05, 3.63) is 0 Å². The molecule has 6 nitrogen and oxygen atoms in total. The molecule has 39 heavy (non-hydrogen) atoms. The van der Waals surface area contributed by atoms with E-state index >= 15 is 0 Å². The van der Waals surface area contributed by atoms with Crippen LogP contribution in [0.4, 0.5) is 0 Å². The largest absolute Gasteiger partial charge is 0.344 e. The Kier molecular flexibility index (Phi) is 20.5. The number of ether oxygens (including phenoxy) is 4. The first-order valence-electron chi connectivity index (χ1n) is 16.2. The lowest BCUT2D eigenvalue weighted by Gasteiger charge is -2.49. The molecule has 6 heteroatoms. The zero-order chi connectivity index (χ0) is 30.0. The second kappa shape index (κ2) is 20.6. The Morgan fingerprint density at radius 1 is 0.641 bits per heavy atom. The van der Waals surface area contributed by atoms with Crippen LogP contribution in [0.5, 0.6) is 0 Å². The molecule has 0 heterocycles. The van der Waals surface area contributed by atoms with Crippen molar-refractivity contribution in [2.75, 3.05) is 19.8 Å². The summed E-state index contributed by atoms with van der Waals surface area (Å²) in [6.45, 7) is 27.3. The standard InChI is InChI=1S/C33H68O6/c1-13-16-18-19-24-34-32(23-17-14-2,39-36-25-20-22-27(4)5)33(35-26-31(10,11)12,37-29(8)21-15-3)38-30(9)28(6)7/h27-30H,13-26H2,1-12H3. The molecule has 236 valence electrons. The Balaban J connectivity index is 6.71. The third-order valence-electron chi connectivity index (χ3n) is 6.89. The molecule has 0 fully saturated rings. The van der Waals surface area contributed by atoms with Gasteiger partial charge in [-0.1, -0.05) is 101 Å². The predicted octanol–water partition coefficient (Wildman–Crippen LogP) is 9.84. The van der Waals surface area contributed by atoms with Crippen molar-refractivity contribution in [2.24, 2.45) is 17.3 Å². The summed E-state index contributed by atoms with van der Waals surface area (Å²) >= 11 is 0. The number of rotatable bonds is 25. The minimum Gasteiger partial charge on any atom is -0.341 e. The molecule has 0 aromatic heterocycles. The van der Waals surface area contributed by atoms with Gasteiger partial charge in [0.25, 0.3) is 5.79 Å². The Morgan fingerprint density at radius 3 is 1.85 bits per heavy atom. The van der Waals surface area contributed by atoms with Gasteiger partial charge < -0.3 is 18.9 Å². The molecule has 0 aromatic carbocycles. The summed E-state index contributed by atoms with van der Waals surface area (Å²) in [6.07, 6.45) is 10.3. The van der Waals surface area contributed by atoms with E-state index in [4.69, 9.17) is 28.7 Å². The lowest BCUT2D eigenvalue weighted by Crippen LogP contribution is -2.65. The molecule has 0 rings (SSSR count). The minimum atomic E-state index is -1.59. The smallest absolute Gasteiger partial charge is 0.341 e. The van der Waals surface area contributed by atoms with E-state index in [-0.39, 0.29) is 23.5 Å². The second-order valence-electron chi connectivity index (χ2n) is 13.4. The summed E-state index contributed by atoms with van der Waals surface area (Å²) in [5.41, 5.74) is -0.122. The van der Waals surface area contributed by atoms with Crippen LogP contribution in [0.1, 0.15) is 154 Å². The van der Waals surface area contributed by atoms with Crippen LogP contribution in [0.25, 0.3) is 0 Å². The SMILES string of the molecule is CCCCCCOC(CCCC)(OOCCCC(C)C)C(OCC(C)(C)C)(OC(C)CCC)OC(C)C(C)C. The Morgan fingerprint density at radius 2 is 1.31 bits per heavy atom. The Bertz CT molecular complexity index is 575. The number of unbranched alkanes of at least 4 members (excludes halogenated alkanes) is 4. The minimum absolute atomic E-state index is 0.122. The molecular weight excluding hydrogens is 492 g/mol. The van der Waals surface area contributed by atoms with Crippen LogP contribution in [0.2, 0.25) is 0 Å². The van der Waals surface area contributed by atoms with E-state index in [1.165, 1.54) is 12.8 Å². The predicted molar refractivity (Wildman–Crippen MR) is 162 cm³/mol. The number of hydrogen-bond donors (Lipinski definition) is 0. The van der Waals surface area contributed by atoms with Gasteiger partial charge in [0.05, 0.1) is 32.0 Å². The zero-order valence-corrected chi connectivity index (χ0v) is 28.2. The summed E-state index contributed by atoms with van der Waals surface area (Å²) in [7, 11) is 0. The highest BCUT2D eigenvalue weighted by atomic mass is 17.2. The molecule has 0 aliphatic heterocycles. The van der Waals surface area contributed by atoms with Gasteiger partial charge in [0.15, 0.2) is 0 Å². The summed E-state index contributed by atoms with van der Waals surface area (Å²) in [4.78, 5) is 12.4. The lowest BCUT2D eigenvalue weighted by molar-refractivity contribution is -0.568. The molecule has 0 bridgehead atoms. The average Bonchev–Trinajstić information content (AvgIpc) is 2.84. The van der Waals surface area contributed by atoms with Crippen LogP contribution < -0.4 is 0 Å². The molecule has 0 aliphatic carbocycles. The first-order chi connectivity index (χ1) is 18.3. The first kappa shape index (κ1) is 38.8. The third kappa shape index (κ3) is 16.1. The highest BCUT2D eigenvalue weighted by Crippen LogP contribution is 2.43. The van der Waals surface area contributed by atoms with Crippen LogP contribution in [0.3, 0.4) is 0 Å². The van der Waals surface area contributed by atoms with E-state index < -0.39 is 11.8 Å². The van der Waals surface area contributed by atoms with Gasteiger partial charge in [-0.25, -0.2) is 4.89 Å². The van der Waals surface area contributed by atoms with Crippen LogP contribution in [-0.2, 0) is 28.7 Å². The maximum Gasteiger partial charge on any atom is 0.344 e. The Labute approximate surface area is 243 Å². The van der Waals surface area contributed by atoms with Gasteiger partial charge in [-0.05, 0) is 63.2 Å². The van der Waals surface area contributed by atoms with Gasteiger partial charge in [-0.2, -0.15) is 4.89 Å². The van der Waals surface area contributed by atoms with Gasteiger partial charge in [0.1, 0.15) is 0 Å². The number of hydrogen-bond acceptors (Lipinski definition) is 6. The fourth-order valence-corrected chi connectivity index (χ4v) is 4.10. The molecule has 4 atom stereocenters. The summed E-state index contributed by atoms with van der Waals surface area (Å²) < 4.78 is 27.3. The summed E-state index contributed by atoms with van der Waals surface area (Å²) in [5, 5.41) is 0. The van der Waals surface area contributed by atoms with Crippen LogP contribution in [0.15, 0.2) is 0 Å². The van der Waals surface area contributed by atoms with Crippen molar-refractivity contribution in [3.63, 3.8) is 0 Å². The third-order valence-corrected chi connectivity index (χ3v) is 6.89. The average molecular weight is 561 g/mol. The molecular formula is C33H68O6. The highest BCUT2D eigenvalue weighted by molar-refractivity contribution is 4.86. The van der Waals surface area contributed by atoms with E-state index in [0.29, 0.717) is 32.2 Å². The monoisotopic (exact) mass is 561 g/mol. The molecule has 0 aliphatic rings. The molecule has 0 saturated carbocycles. The summed E-state index contributed by atoms with van der Waals surface area (Å²) in [6, 6.07) is 0. The molecule has 0 amide bonds. The van der Waals surface area contributed by atoms with Crippen LogP contribution >= 0.6 is 0 Å². The highest BCUT2D eigenvalue weighted by Gasteiger charge is 2.61. The molecule has 0 aromatic rings. The van der Waals surface area contributed by atoms with Gasteiger partial charge in [0, 0.05) is 6.42 Å². The summed E-state index contributed by atoms with van der Waals surface area (Å²) in [5.74, 6) is -2.11. The van der Waals surface area contributed by atoms with Crippen molar-refractivity contribution in [2.45, 2.75) is 178 Å². The lowest BCUT2D eigenvalue weighted by atomic mass is 9.98. The molecule has 0 spiro atoms. The fourth-order valence-electron chi connectivity index (χ4n) is 4.10. The maximum absolute atomic E-state index is 6.87. The first-order valence-corrected chi connectivity index (χ1v) is 16.2.